The molecule has 0 aromatic heterocycles. The lowest BCUT2D eigenvalue weighted by atomic mass is 10.0. The summed E-state index contributed by atoms with van der Waals surface area (Å²) < 4.78 is 5.95. The molecular weight excluding hydrogens is 815 g/mol. The number of allylic oxidation sites excluding steroid dienone is 8. The molecule has 1 amide bonds. The summed E-state index contributed by atoms with van der Waals surface area (Å²) in [6.07, 6.45) is 66.0. The largest absolute Gasteiger partial charge is 0.462 e. The summed E-state index contributed by atoms with van der Waals surface area (Å²) in [5, 5.41) is 23.9. The first-order valence-electron chi connectivity index (χ1n) is 28.9. The van der Waals surface area contributed by atoms with Gasteiger partial charge in [-0.05, 0) is 51.4 Å². The highest BCUT2D eigenvalue weighted by atomic mass is 16.5. The summed E-state index contributed by atoms with van der Waals surface area (Å²) in [6.45, 7) is 6.47. The van der Waals surface area contributed by atoms with Crippen molar-refractivity contribution >= 4 is 11.9 Å². The highest BCUT2D eigenvalue weighted by Crippen LogP contribution is 2.18. The molecule has 0 heterocycles. The molecule has 6 heteroatoms. The van der Waals surface area contributed by atoms with Crippen LogP contribution in [0.4, 0.5) is 0 Å². The van der Waals surface area contributed by atoms with Gasteiger partial charge in [-0.15, -0.1) is 0 Å². The zero-order valence-electron chi connectivity index (χ0n) is 44.1. The summed E-state index contributed by atoms with van der Waals surface area (Å²) in [4.78, 5) is 26.3. The number of amides is 1. The monoisotopic (exact) mass is 926 g/mol. The van der Waals surface area contributed by atoms with Crippen LogP contribution in [0.25, 0.3) is 0 Å². The number of nitrogens with one attached hydrogen (secondary N) is 1. The summed E-state index contributed by atoms with van der Waals surface area (Å²) in [6, 6.07) is -0.714. The van der Waals surface area contributed by atoms with Gasteiger partial charge in [-0.2, -0.15) is 0 Å². The first-order valence-corrected chi connectivity index (χ1v) is 28.9. The molecule has 0 aliphatic rings. The van der Waals surface area contributed by atoms with E-state index in [1.165, 1.54) is 180 Å². The number of hydrogen-bond donors (Lipinski definition) is 3. The van der Waals surface area contributed by atoms with Crippen LogP contribution in [-0.4, -0.2) is 46.9 Å². The Bertz CT molecular complexity index is 1130. The van der Waals surface area contributed by atoms with Gasteiger partial charge < -0.3 is 20.3 Å². The van der Waals surface area contributed by atoms with E-state index in [0.717, 1.165) is 70.6 Å². The van der Waals surface area contributed by atoms with E-state index in [1.54, 1.807) is 0 Å². The molecule has 3 atom stereocenters. The van der Waals surface area contributed by atoms with Gasteiger partial charge in [0.2, 0.25) is 5.91 Å². The Morgan fingerprint density at radius 2 is 0.773 bits per heavy atom. The lowest BCUT2D eigenvalue weighted by Crippen LogP contribution is -2.46. The molecule has 66 heavy (non-hydrogen) atoms. The summed E-state index contributed by atoms with van der Waals surface area (Å²) in [5.74, 6) is -0.499. The van der Waals surface area contributed by atoms with Crippen LogP contribution in [0, 0.1) is 0 Å². The normalized spacial score (nSPS) is 13.5. The predicted molar refractivity (Wildman–Crippen MR) is 287 cm³/mol. The number of carbonyl (C=O) groups excluding carboxylic acids is 2. The fraction of sp³-hybridized carbons (Fsp3) is 0.833. The van der Waals surface area contributed by atoms with Crippen LogP contribution in [0.5, 0.6) is 0 Å². The number of aliphatic hydroxyl groups excluding tert-OH is 2. The fourth-order valence-corrected chi connectivity index (χ4v) is 8.86. The first-order chi connectivity index (χ1) is 32.5. The van der Waals surface area contributed by atoms with E-state index in [4.69, 9.17) is 4.74 Å². The lowest BCUT2D eigenvalue weighted by molar-refractivity contribution is -0.151. The highest BCUT2D eigenvalue weighted by molar-refractivity contribution is 5.77. The Kier molecular flexibility index (Phi) is 52.0. The molecule has 3 N–H and O–H groups in total. The Morgan fingerprint density at radius 3 is 1.20 bits per heavy atom. The molecule has 0 rings (SSSR count). The topological polar surface area (TPSA) is 95.9 Å². The summed E-state index contributed by atoms with van der Waals surface area (Å²) in [7, 11) is 0. The van der Waals surface area contributed by atoms with E-state index >= 15 is 0 Å². The number of hydrogen-bond acceptors (Lipinski definition) is 5. The van der Waals surface area contributed by atoms with Crippen molar-refractivity contribution in [3.05, 3.63) is 48.6 Å². The highest BCUT2D eigenvalue weighted by Gasteiger charge is 2.24. The maximum atomic E-state index is 13.3. The maximum absolute atomic E-state index is 13.3. The van der Waals surface area contributed by atoms with Gasteiger partial charge in [0.05, 0.1) is 25.2 Å². The van der Waals surface area contributed by atoms with Crippen molar-refractivity contribution in [1.82, 2.24) is 5.32 Å². The molecule has 0 aromatic carbocycles. The average molecular weight is 927 g/mol. The standard InChI is InChI=1S/C60H111NO5/c1-4-7-10-13-16-19-22-25-28-30-32-35-38-41-44-47-50-53-60(65)66-56(51-48-45-42-39-36-33-31-29-26-23-20-17-14-11-8-5-2)54-59(64)61-57(55-62)58(63)52-49-46-43-40-37-34-27-24-21-18-15-12-9-6-3/h17,20,23,26,29,31,33,36,56-58,62-63H,4-16,18-19,21-22,24-25,27-28,30,32,34-35,37-55H2,1-3H3,(H,61,64)/b20-17+,26-23+,31-29+,36-33+. The van der Waals surface area contributed by atoms with E-state index in [2.05, 4.69) is 74.7 Å². The number of aliphatic hydroxyl groups is 2. The third-order valence-corrected chi connectivity index (χ3v) is 13.3. The van der Waals surface area contributed by atoms with Crippen molar-refractivity contribution in [1.29, 1.82) is 0 Å². The minimum atomic E-state index is -0.798. The van der Waals surface area contributed by atoms with Gasteiger partial charge >= 0.3 is 5.97 Å². The maximum Gasteiger partial charge on any atom is 0.306 e. The number of ether oxygens (including phenoxy) is 1. The molecule has 386 valence electrons. The van der Waals surface area contributed by atoms with Gasteiger partial charge in [-0.25, -0.2) is 0 Å². The Labute approximate surface area is 410 Å². The second-order valence-electron chi connectivity index (χ2n) is 19.8. The van der Waals surface area contributed by atoms with Gasteiger partial charge in [-0.1, -0.05) is 281 Å². The molecule has 6 nitrogen and oxygen atoms in total. The van der Waals surface area contributed by atoms with Crippen molar-refractivity contribution in [2.75, 3.05) is 6.61 Å². The molecule has 0 aromatic rings. The minimum Gasteiger partial charge on any atom is -0.462 e. The molecule has 0 bridgehead atoms. The Hall–Kier alpha value is -2.18. The van der Waals surface area contributed by atoms with E-state index in [0.29, 0.717) is 19.3 Å². The number of rotatable bonds is 52. The van der Waals surface area contributed by atoms with Crippen LogP contribution in [0.3, 0.4) is 0 Å². The van der Waals surface area contributed by atoms with Crippen molar-refractivity contribution < 1.29 is 24.5 Å². The van der Waals surface area contributed by atoms with Crippen LogP contribution < -0.4 is 5.32 Å². The van der Waals surface area contributed by atoms with Gasteiger partial charge in [-0.3, -0.25) is 9.59 Å². The zero-order chi connectivity index (χ0) is 48.1. The Balaban J connectivity index is 4.61. The molecule has 0 saturated carbocycles. The van der Waals surface area contributed by atoms with Crippen molar-refractivity contribution in [3.63, 3.8) is 0 Å². The quantitative estimate of drug-likeness (QED) is 0.0321. The second-order valence-corrected chi connectivity index (χ2v) is 19.8. The molecule has 0 spiro atoms. The van der Waals surface area contributed by atoms with Crippen LogP contribution in [0.15, 0.2) is 48.6 Å². The van der Waals surface area contributed by atoms with Crippen molar-refractivity contribution in [2.24, 2.45) is 0 Å². The number of carbonyl (C=O) groups is 2. The van der Waals surface area contributed by atoms with Crippen molar-refractivity contribution in [2.45, 2.75) is 315 Å². The van der Waals surface area contributed by atoms with E-state index in [1.807, 2.05) is 0 Å². The number of unbranched alkanes of at least 4 members (excludes halogenated alkanes) is 35. The third kappa shape index (κ3) is 48.3. The van der Waals surface area contributed by atoms with Crippen molar-refractivity contribution in [3.8, 4) is 0 Å². The lowest BCUT2D eigenvalue weighted by Gasteiger charge is -2.24. The average Bonchev–Trinajstić information content (AvgIpc) is 3.31. The fourth-order valence-electron chi connectivity index (χ4n) is 8.86. The molecule has 0 radical (unpaired) electrons. The van der Waals surface area contributed by atoms with Crippen LogP contribution >= 0.6 is 0 Å². The molecular formula is C60H111NO5. The molecule has 0 saturated heterocycles. The van der Waals surface area contributed by atoms with Gasteiger partial charge in [0.15, 0.2) is 0 Å². The van der Waals surface area contributed by atoms with Crippen LogP contribution in [-0.2, 0) is 14.3 Å². The van der Waals surface area contributed by atoms with Gasteiger partial charge in [0.25, 0.3) is 0 Å². The zero-order valence-corrected chi connectivity index (χ0v) is 44.1. The van der Waals surface area contributed by atoms with Gasteiger partial charge in [0, 0.05) is 6.42 Å². The smallest absolute Gasteiger partial charge is 0.306 e. The molecule has 0 aliphatic carbocycles. The second kappa shape index (κ2) is 53.8. The van der Waals surface area contributed by atoms with E-state index in [-0.39, 0.29) is 24.9 Å². The van der Waals surface area contributed by atoms with Gasteiger partial charge in [0.1, 0.15) is 6.10 Å². The van der Waals surface area contributed by atoms with Crippen LogP contribution in [0.2, 0.25) is 0 Å². The van der Waals surface area contributed by atoms with E-state index in [9.17, 15) is 19.8 Å². The predicted octanol–water partition coefficient (Wildman–Crippen LogP) is 17.8. The third-order valence-electron chi connectivity index (χ3n) is 13.3. The first kappa shape index (κ1) is 63.8. The molecule has 3 unspecified atom stereocenters. The minimum absolute atomic E-state index is 0.0546. The molecule has 0 fully saturated rings. The molecule has 0 aliphatic heterocycles. The number of esters is 1. The van der Waals surface area contributed by atoms with Crippen LogP contribution in [0.1, 0.15) is 297 Å². The summed E-state index contributed by atoms with van der Waals surface area (Å²) >= 11 is 0. The summed E-state index contributed by atoms with van der Waals surface area (Å²) in [5.41, 5.74) is 0. The Morgan fingerprint density at radius 1 is 0.439 bits per heavy atom. The van der Waals surface area contributed by atoms with E-state index < -0.39 is 18.2 Å². The SMILES string of the molecule is CCCCC/C=C/C=C/C=C/C=C/CCCCCC(CC(=O)NC(CO)C(O)CCCCCCCCCCCCCCCC)OC(=O)CCCCCCCCCCCCCCCCCCC.